The van der Waals surface area contributed by atoms with Crippen LogP contribution in [-0.2, 0) is 6.61 Å². The van der Waals surface area contributed by atoms with Crippen molar-refractivity contribution >= 4 is 29.2 Å². The monoisotopic (exact) mass is 415 g/mol. The van der Waals surface area contributed by atoms with Gasteiger partial charge in [-0.2, -0.15) is 0 Å². The molecule has 0 spiro atoms. The molecule has 5 nitrogen and oxygen atoms in total. The standard InChI is InChI=1S/C23H29N3O2.ClH/c1-4-26(5-2)14-13-24-23(27)22-17(3)20-15-19(11-12-21(20)25-22)28-16-18-9-7-6-8-10-18;/h6-12,15,25H,4-5,13-14,16H2,1-3H3,(H,24,27);1H. The van der Waals surface area contributed by atoms with Crippen molar-refractivity contribution in [2.75, 3.05) is 26.2 Å². The van der Waals surface area contributed by atoms with Crippen LogP contribution in [0, 0.1) is 6.92 Å². The predicted molar refractivity (Wildman–Crippen MR) is 121 cm³/mol. The summed E-state index contributed by atoms with van der Waals surface area (Å²) in [6.07, 6.45) is 0. The van der Waals surface area contributed by atoms with Crippen LogP contribution >= 0.6 is 12.4 Å². The van der Waals surface area contributed by atoms with Crippen LogP contribution in [0.25, 0.3) is 10.9 Å². The van der Waals surface area contributed by atoms with Gasteiger partial charge >= 0.3 is 0 Å². The number of aryl methyl sites for hydroxylation is 1. The third kappa shape index (κ3) is 5.75. The van der Waals surface area contributed by atoms with Gasteiger partial charge in [-0.05, 0) is 49.3 Å². The average molecular weight is 416 g/mol. The van der Waals surface area contributed by atoms with Gasteiger partial charge in [-0.15, -0.1) is 12.4 Å². The van der Waals surface area contributed by atoms with Crippen molar-refractivity contribution in [2.45, 2.75) is 27.4 Å². The summed E-state index contributed by atoms with van der Waals surface area (Å²) in [6, 6.07) is 16.0. The molecular formula is C23H30ClN3O2. The number of rotatable bonds is 9. The van der Waals surface area contributed by atoms with Crippen molar-refractivity contribution < 1.29 is 9.53 Å². The SMILES string of the molecule is CCN(CC)CCNC(=O)c1[nH]c2ccc(OCc3ccccc3)cc2c1C.Cl. The number of halogens is 1. The molecule has 1 heterocycles. The van der Waals surface area contributed by atoms with E-state index >= 15 is 0 Å². The molecule has 0 atom stereocenters. The number of carbonyl (C=O) groups is 1. The molecule has 0 saturated heterocycles. The molecule has 156 valence electrons. The number of amides is 1. The summed E-state index contributed by atoms with van der Waals surface area (Å²) in [6.45, 7) is 10.2. The van der Waals surface area contributed by atoms with Gasteiger partial charge in [0.25, 0.3) is 5.91 Å². The Bertz CT molecular complexity index is 921. The van der Waals surface area contributed by atoms with E-state index in [2.05, 4.69) is 29.0 Å². The maximum Gasteiger partial charge on any atom is 0.268 e. The highest BCUT2D eigenvalue weighted by Crippen LogP contribution is 2.26. The first-order valence-corrected chi connectivity index (χ1v) is 9.92. The highest BCUT2D eigenvalue weighted by molar-refractivity contribution is 6.01. The van der Waals surface area contributed by atoms with Gasteiger partial charge in [0.2, 0.25) is 0 Å². The number of ether oxygens (including phenoxy) is 1. The number of aromatic nitrogens is 1. The molecule has 0 aliphatic heterocycles. The zero-order valence-electron chi connectivity index (χ0n) is 17.3. The summed E-state index contributed by atoms with van der Waals surface area (Å²) in [5.41, 5.74) is 3.63. The van der Waals surface area contributed by atoms with Crippen molar-refractivity contribution in [3.8, 4) is 5.75 Å². The normalized spacial score (nSPS) is 10.8. The number of hydrogen-bond donors (Lipinski definition) is 2. The molecule has 0 unspecified atom stereocenters. The minimum Gasteiger partial charge on any atom is -0.489 e. The molecule has 0 aliphatic carbocycles. The lowest BCUT2D eigenvalue weighted by Gasteiger charge is -2.17. The number of hydrogen-bond acceptors (Lipinski definition) is 3. The number of fused-ring (bicyclic) bond motifs is 1. The molecule has 2 aromatic carbocycles. The van der Waals surface area contributed by atoms with Crippen molar-refractivity contribution in [3.05, 3.63) is 65.4 Å². The van der Waals surface area contributed by atoms with Crippen LogP contribution in [0.2, 0.25) is 0 Å². The van der Waals surface area contributed by atoms with Gasteiger partial charge in [-0.1, -0.05) is 44.2 Å². The summed E-state index contributed by atoms with van der Waals surface area (Å²) < 4.78 is 5.92. The summed E-state index contributed by atoms with van der Waals surface area (Å²) in [5, 5.41) is 4.03. The molecule has 3 aromatic rings. The van der Waals surface area contributed by atoms with Gasteiger partial charge in [-0.3, -0.25) is 4.79 Å². The lowest BCUT2D eigenvalue weighted by Crippen LogP contribution is -2.35. The molecule has 0 radical (unpaired) electrons. The smallest absolute Gasteiger partial charge is 0.268 e. The van der Waals surface area contributed by atoms with Crippen LogP contribution in [0.5, 0.6) is 5.75 Å². The van der Waals surface area contributed by atoms with Crippen LogP contribution < -0.4 is 10.1 Å². The molecule has 0 fully saturated rings. The summed E-state index contributed by atoms with van der Waals surface area (Å²) >= 11 is 0. The van der Waals surface area contributed by atoms with E-state index in [1.165, 1.54) is 0 Å². The molecule has 1 aromatic heterocycles. The maximum atomic E-state index is 12.6. The van der Waals surface area contributed by atoms with E-state index in [-0.39, 0.29) is 18.3 Å². The van der Waals surface area contributed by atoms with Crippen LogP contribution in [-0.4, -0.2) is 42.0 Å². The lowest BCUT2D eigenvalue weighted by molar-refractivity contribution is 0.0944. The predicted octanol–water partition coefficient (Wildman–Crippen LogP) is 4.55. The summed E-state index contributed by atoms with van der Waals surface area (Å²) in [5.74, 6) is 0.736. The van der Waals surface area contributed by atoms with Gasteiger partial charge in [0.1, 0.15) is 18.1 Å². The first-order chi connectivity index (χ1) is 13.6. The average Bonchev–Trinajstić information content (AvgIpc) is 3.06. The molecule has 6 heteroatoms. The summed E-state index contributed by atoms with van der Waals surface area (Å²) in [7, 11) is 0. The second-order valence-electron chi connectivity index (χ2n) is 6.89. The number of nitrogens with zero attached hydrogens (tertiary/aromatic N) is 1. The second-order valence-corrected chi connectivity index (χ2v) is 6.89. The van der Waals surface area contributed by atoms with E-state index in [9.17, 15) is 4.79 Å². The molecule has 0 saturated carbocycles. The van der Waals surface area contributed by atoms with E-state index in [1.54, 1.807) is 0 Å². The Balaban J connectivity index is 0.00000300. The largest absolute Gasteiger partial charge is 0.489 e. The van der Waals surface area contributed by atoms with E-state index < -0.39 is 0 Å². The van der Waals surface area contributed by atoms with Crippen LogP contribution in [0.15, 0.2) is 48.5 Å². The Morgan fingerprint density at radius 3 is 2.52 bits per heavy atom. The quantitative estimate of drug-likeness (QED) is 0.539. The molecule has 2 N–H and O–H groups in total. The molecule has 0 bridgehead atoms. The maximum absolute atomic E-state index is 12.6. The first kappa shape index (κ1) is 22.8. The molecule has 1 amide bonds. The Kier molecular flexibility index (Phi) is 8.55. The minimum absolute atomic E-state index is 0. The number of aromatic amines is 1. The van der Waals surface area contributed by atoms with E-state index in [0.29, 0.717) is 18.8 Å². The summed E-state index contributed by atoms with van der Waals surface area (Å²) in [4.78, 5) is 18.1. The molecule has 3 rings (SSSR count). The Hall–Kier alpha value is -2.50. The Labute approximate surface area is 178 Å². The minimum atomic E-state index is -0.0624. The Morgan fingerprint density at radius 2 is 1.83 bits per heavy atom. The lowest BCUT2D eigenvalue weighted by atomic mass is 10.1. The van der Waals surface area contributed by atoms with Crippen molar-refractivity contribution in [3.63, 3.8) is 0 Å². The first-order valence-electron chi connectivity index (χ1n) is 9.92. The molecular weight excluding hydrogens is 386 g/mol. The Morgan fingerprint density at radius 1 is 1.10 bits per heavy atom. The fourth-order valence-corrected chi connectivity index (χ4v) is 3.32. The van der Waals surface area contributed by atoms with Crippen molar-refractivity contribution in [1.29, 1.82) is 0 Å². The number of carbonyl (C=O) groups excluding carboxylic acids is 1. The molecule has 0 aliphatic rings. The number of H-pyrrole nitrogens is 1. The second kappa shape index (κ2) is 10.9. The highest BCUT2D eigenvalue weighted by Gasteiger charge is 2.15. The van der Waals surface area contributed by atoms with Gasteiger partial charge in [0.05, 0.1) is 0 Å². The van der Waals surface area contributed by atoms with Crippen LogP contribution in [0.3, 0.4) is 0 Å². The van der Waals surface area contributed by atoms with Gasteiger partial charge < -0.3 is 19.9 Å². The zero-order chi connectivity index (χ0) is 19.9. The van der Waals surface area contributed by atoms with E-state index in [4.69, 9.17) is 4.74 Å². The van der Waals surface area contributed by atoms with Crippen molar-refractivity contribution in [1.82, 2.24) is 15.2 Å². The van der Waals surface area contributed by atoms with Gasteiger partial charge in [0, 0.05) is 24.0 Å². The van der Waals surface area contributed by atoms with Gasteiger partial charge in [0.15, 0.2) is 0 Å². The van der Waals surface area contributed by atoms with E-state index in [1.807, 2.05) is 55.5 Å². The highest BCUT2D eigenvalue weighted by atomic mass is 35.5. The van der Waals surface area contributed by atoms with E-state index in [0.717, 1.165) is 47.4 Å². The zero-order valence-corrected chi connectivity index (χ0v) is 18.1. The van der Waals surface area contributed by atoms with Crippen molar-refractivity contribution in [2.24, 2.45) is 0 Å². The fourth-order valence-electron chi connectivity index (χ4n) is 3.32. The molecule has 29 heavy (non-hydrogen) atoms. The number of nitrogens with one attached hydrogen (secondary N) is 2. The number of likely N-dealkylation sites (N-methyl/N-ethyl adjacent to an activating group) is 1. The van der Waals surface area contributed by atoms with Gasteiger partial charge in [-0.25, -0.2) is 0 Å². The fraction of sp³-hybridized carbons (Fsp3) is 0.348. The topological polar surface area (TPSA) is 57.4 Å². The third-order valence-electron chi connectivity index (χ3n) is 5.11. The number of benzene rings is 2. The third-order valence-corrected chi connectivity index (χ3v) is 5.11. The van der Waals surface area contributed by atoms with Crippen LogP contribution in [0.1, 0.15) is 35.5 Å². The van der Waals surface area contributed by atoms with Crippen LogP contribution in [0.4, 0.5) is 0 Å².